The van der Waals surface area contributed by atoms with Crippen molar-refractivity contribution in [2.75, 3.05) is 32.8 Å². The molecule has 0 amide bonds. The average Bonchev–Trinajstić information content (AvgIpc) is 3.18. The molecule has 2 saturated heterocycles. The highest BCUT2D eigenvalue weighted by atomic mass is 16.5. The largest absolute Gasteiger partial charge is 0.376 e. The molecule has 3 aliphatic rings. The summed E-state index contributed by atoms with van der Waals surface area (Å²) < 4.78 is 5.68. The number of guanidine groups is 1. The molecule has 1 unspecified atom stereocenters. The van der Waals surface area contributed by atoms with E-state index in [4.69, 9.17) is 9.73 Å². The van der Waals surface area contributed by atoms with Gasteiger partial charge in [-0.15, -0.1) is 0 Å². The van der Waals surface area contributed by atoms with Gasteiger partial charge < -0.3 is 15.0 Å². The predicted octanol–water partition coefficient (Wildman–Crippen LogP) is 2.40. The van der Waals surface area contributed by atoms with Crippen LogP contribution >= 0.6 is 0 Å². The molecule has 0 aromatic heterocycles. The van der Waals surface area contributed by atoms with Gasteiger partial charge in [-0.2, -0.15) is 0 Å². The van der Waals surface area contributed by atoms with E-state index in [0.29, 0.717) is 11.5 Å². The molecule has 114 valence electrons. The summed E-state index contributed by atoms with van der Waals surface area (Å²) >= 11 is 0. The van der Waals surface area contributed by atoms with E-state index in [1.54, 1.807) is 0 Å². The molecule has 4 heteroatoms. The number of hydrogen-bond acceptors (Lipinski definition) is 2. The zero-order valence-corrected chi connectivity index (χ0v) is 12.9. The lowest BCUT2D eigenvalue weighted by Crippen LogP contribution is -2.41. The van der Waals surface area contributed by atoms with Gasteiger partial charge in [-0.1, -0.05) is 12.8 Å². The fourth-order valence-corrected chi connectivity index (χ4v) is 4.05. The Balaban J connectivity index is 1.59. The molecule has 0 aromatic carbocycles. The van der Waals surface area contributed by atoms with Gasteiger partial charge in [0.1, 0.15) is 0 Å². The smallest absolute Gasteiger partial charge is 0.194 e. The van der Waals surface area contributed by atoms with E-state index in [0.717, 1.165) is 25.7 Å². The Bertz CT molecular complexity index is 344. The number of nitrogens with zero attached hydrogens (tertiary/aromatic N) is 2. The van der Waals surface area contributed by atoms with Gasteiger partial charge in [-0.05, 0) is 44.4 Å². The number of hydrogen-bond donors (Lipinski definition) is 1. The summed E-state index contributed by atoms with van der Waals surface area (Å²) in [6, 6.07) is 0. The zero-order chi connectivity index (χ0) is 13.8. The number of aliphatic imine (C=N–C) groups is 1. The van der Waals surface area contributed by atoms with Crippen LogP contribution in [-0.2, 0) is 4.74 Å². The number of nitrogens with one attached hydrogen (secondary N) is 1. The molecule has 1 spiro atoms. The number of likely N-dealkylation sites (tertiary alicyclic amines) is 1. The van der Waals surface area contributed by atoms with E-state index < -0.39 is 0 Å². The van der Waals surface area contributed by atoms with Gasteiger partial charge in [-0.3, -0.25) is 4.99 Å². The molecule has 2 heterocycles. The molecule has 4 nitrogen and oxygen atoms in total. The average molecular weight is 279 g/mol. The van der Waals surface area contributed by atoms with E-state index in [2.05, 4.69) is 17.1 Å². The molecule has 0 radical (unpaired) electrons. The first-order valence-electron chi connectivity index (χ1n) is 8.46. The minimum atomic E-state index is 0.353. The molecule has 0 aromatic rings. The topological polar surface area (TPSA) is 36.9 Å². The summed E-state index contributed by atoms with van der Waals surface area (Å²) in [4.78, 5) is 7.33. The summed E-state index contributed by atoms with van der Waals surface area (Å²) in [5.41, 5.74) is 0.611. The Hall–Kier alpha value is -0.770. The van der Waals surface area contributed by atoms with Gasteiger partial charge in [0, 0.05) is 26.2 Å². The van der Waals surface area contributed by atoms with Crippen LogP contribution in [0, 0.1) is 5.41 Å². The Kier molecular flexibility index (Phi) is 4.49. The third-order valence-corrected chi connectivity index (χ3v) is 5.21. The van der Waals surface area contributed by atoms with Gasteiger partial charge in [0.15, 0.2) is 5.96 Å². The predicted molar refractivity (Wildman–Crippen MR) is 82.0 cm³/mol. The van der Waals surface area contributed by atoms with E-state index >= 15 is 0 Å². The lowest BCUT2D eigenvalue weighted by atomic mass is 9.86. The normalized spacial score (nSPS) is 29.6. The van der Waals surface area contributed by atoms with Crippen LogP contribution in [0.2, 0.25) is 0 Å². The van der Waals surface area contributed by atoms with Crippen molar-refractivity contribution < 1.29 is 4.74 Å². The SMILES string of the molecule is CCNC(=NCC1CCCO1)N1CCC2(CCCC2)C1. The molecule has 1 aliphatic carbocycles. The monoisotopic (exact) mass is 279 g/mol. The Labute approximate surface area is 123 Å². The van der Waals surface area contributed by atoms with Gasteiger partial charge in [-0.25, -0.2) is 0 Å². The molecule has 0 bridgehead atoms. The van der Waals surface area contributed by atoms with Crippen LogP contribution in [-0.4, -0.2) is 49.7 Å². The zero-order valence-electron chi connectivity index (χ0n) is 12.9. The number of ether oxygens (including phenoxy) is 1. The fourth-order valence-electron chi connectivity index (χ4n) is 4.05. The second-order valence-electron chi connectivity index (χ2n) is 6.71. The van der Waals surface area contributed by atoms with E-state index in [-0.39, 0.29) is 0 Å². The molecule has 20 heavy (non-hydrogen) atoms. The van der Waals surface area contributed by atoms with Crippen molar-refractivity contribution in [2.45, 2.75) is 58.0 Å². The molecule has 3 fully saturated rings. The van der Waals surface area contributed by atoms with Gasteiger partial charge in [0.2, 0.25) is 0 Å². The molecule has 3 rings (SSSR count). The lowest BCUT2D eigenvalue weighted by molar-refractivity contribution is 0.117. The van der Waals surface area contributed by atoms with E-state index in [1.807, 2.05) is 0 Å². The van der Waals surface area contributed by atoms with E-state index in [1.165, 1.54) is 58.0 Å². The van der Waals surface area contributed by atoms with E-state index in [9.17, 15) is 0 Å². The Morgan fingerprint density at radius 3 is 2.85 bits per heavy atom. The van der Waals surface area contributed by atoms with Crippen molar-refractivity contribution in [1.29, 1.82) is 0 Å². The Morgan fingerprint density at radius 2 is 2.15 bits per heavy atom. The molecular formula is C16H29N3O. The van der Waals surface area contributed by atoms with Gasteiger partial charge in [0.05, 0.1) is 12.6 Å². The quantitative estimate of drug-likeness (QED) is 0.636. The third kappa shape index (κ3) is 3.11. The number of rotatable bonds is 3. The van der Waals surface area contributed by atoms with Crippen LogP contribution in [0.1, 0.15) is 51.9 Å². The standard InChI is InChI=1S/C16H29N3O/c1-2-17-15(18-12-14-6-5-11-20-14)19-10-9-16(13-19)7-3-4-8-16/h14H,2-13H2,1H3,(H,17,18). The van der Waals surface area contributed by atoms with Gasteiger partial charge in [0.25, 0.3) is 0 Å². The highest BCUT2D eigenvalue weighted by Crippen LogP contribution is 2.45. The first kappa shape index (κ1) is 14.2. The maximum absolute atomic E-state index is 5.68. The van der Waals surface area contributed by atoms with Crippen LogP contribution in [0.4, 0.5) is 0 Å². The highest BCUT2D eigenvalue weighted by Gasteiger charge is 2.41. The van der Waals surface area contributed by atoms with Crippen LogP contribution in [0.15, 0.2) is 4.99 Å². The summed E-state index contributed by atoms with van der Waals surface area (Å²) in [5, 5.41) is 3.48. The first-order valence-corrected chi connectivity index (χ1v) is 8.46. The van der Waals surface area contributed by atoms with Crippen molar-refractivity contribution >= 4 is 5.96 Å². The summed E-state index contributed by atoms with van der Waals surface area (Å²) in [5.74, 6) is 1.12. The molecular weight excluding hydrogens is 250 g/mol. The molecule has 1 N–H and O–H groups in total. The fraction of sp³-hybridized carbons (Fsp3) is 0.938. The summed E-state index contributed by atoms with van der Waals surface area (Å²) in [6.07, 6.45) is 9.79. The van der Waals surface area contributed by atoms with Gasteiger partial charge >= 0.3 is 0 Å². The minimum Gasteiger partial charge on any atom is -0.376 e. The van der Waals surface area contributed by atoms with Crippen LogP contribution in [0.3, 0.4) is 0 Å². The van der Waals surface area contributed by atoms with Crippen molar-refractivity contribution in [3.05, 3.63) is 0 Å². The molecule has 2 aliphatic heterocycles. The van der Waals surface area contributed by atoms with Crippen molar-refractivity contribution in [1.82, 2.24) is 10.2 Å². The van der Waals surface area contributed by atoms with Crippen LogP contribution in [0.5, 0.6) is 0 Å². The lowest BCUT2D eigenvalue weighted by Gasteiger charge is -2.26. The minimum absolute atomic E-state index is 0.353. The highest BCUT2D eigenvalue weighted by molar-refractivity contribution is 5.80. The third-order valence-electron chi connectivity index (χ3n) is 5.21. The van der Waals surface area contributed by atoms with Crippen LogP contribution in [0.25, 0.3) is 0 Å². The summed E-state index contributed by atoms with van der Waals surface area (Å²) in [7, 11) is 0. The van der Waals surface area contributed by atoms with Crippen LogP contribution < -0.4 is 5.32 Å². The maximum Gasteiger partial charge on any atom is 0.194 e. The summed E-state index contributed by atoms with van der Waals surface area (Å²) in [6.45, 7) is 7.24. The van der Waals surface area contributed by atoms with Crippen molar-refractivity contribution in [3.63, 3.8) is 0 Å². The Morgan fingerprint density at radius 1 is 1.30 bits per heavy atom. The molecule has 1 atom stereocenters. The van der Waals surface area contributed by atoms with Crippen molar-refractivity contribution in [3.8, 4) is 0 Å². The first-order chi connectivity index (χ1) is 9.81. The second-order valence-corrected chi connectivity index (χ2v) is 6.71. The second kappa shape index (κ2) is 6.33. The maximum atomic E-state index is 5.68. The molecule has 1 saturated carbocycles. The van der Waals surface area contributed by atoms with Crippen molar-refractivity contribution in [2.24, 2.45) is 10.4 Å².